The molecule has 0 aliphatic carbocycles. The van der Waals surface area contributed by atoms with Gasteiger partial charge in [0.25, 0.3) is 0 Å². The van der Waals surface area contributed by atoms with Crippen molar-refractivity contribution in [2.75, 3.05) is 0 Å². The molecule has 0 spiro atoms. The van der Waals surface area contributed by atoms with E-state index in [0.29, 0.717) is 17.5 Å². The van der Waals surface area contributed by atoms with Gasteiger partial charge in [0.2, 0.25) is 0 Å². The highest BCUT2D eigenvalue weighted by Gasteiger charge is 2.11. The van der Waals surface area contributed by atoms with Crippen LogP contribution in [0.4, 0.5) is 0 Å². The number of carbonyl (C=O) groups is 1. The molecule has 0 radical (unpaired) electrons. The smallest absolute Gasteiger partial charge is 0.155 e. The standard InChI is InChI=1S/C14H13ClN2O/c1-2-4-10-5-3-6-11(7-10)13-12(8-18)14(15)17-9-16-13/h3,5-9H,2,4H2,1H3. The van der Waals surface area contributed by atoms with Gasteiger partial charge in [-0.25, -0.2) is 9.97 Å². The number of carbonyl (C=O) groups excluding carboxylic acids is 1. The van der Waals surface area contributed by atoms with Crippen molar-refractivity contribution in [3.05, 3.63) is 46.9 Å². The zero-order chi connectivity index (χ0) is 13.0. The second-order valence-corrected chi connectivity index (χ2v) is 4.35. The van der Waals surface area contributed by atoms with E-state index in [4.69, 9.17) is 11.6 Å². The molecule has 1 aromatic carbocycles. The van der Waals surface area contributed by atoms with Gasteiger partial charge in [0, 0.05) is 5.56 Å². The van der Waals surface area contributed by atoms with Crippen molar-refractivity contribution in [2.45, 2.75) is 19.8 Å². The molecule has 0 bridgehead atoms. The minimum absolute atomic E-state index is 0.191. The molecule has 2 rings (SSSR count). The molecule has 0 N–H and O–H groups in total. The third-order valence-electron chi connectivity index (χ3n) is 2.69. The van der Waals surface area contributed by atoms with Gasteiger partial charge < -0.3 is 0 Å². The number of hydrogen-bond donors (Lipinski definition) is 0. The van der Waals surface area contributed by atoms with Crippen molar-refractivity contribution in [1.29, 1.82) is 0 Å². The second-order valence-electron chi connectivity index (χ2n) is 3.99. The third kappa shape index (κ3) is 2.57. The number of hydrogen-bond acceptors (Lipinski definition) is 3. The van der Waals surface area contributed by atoms with Gasteiger partial charge in [0.1, 0.15) is 11.5 Å². The van der Waals surface area contributed by atoms with E-state index < -0.39 is 0 Å². The largest absolute Gasteiger partial charge is 0.298 e. The fourth-order valence-corrected chi connectivity index (χ4v) is 2.05. The molecule has 18 heavy (non-hydrogen) atoms. The molecule has 1 heterocycles. The van der Waals surface area contributed by atoms with Crippen LogP contribution in [-0.4, -0.2) is 16.3 Å². The summed E-state index contributed by atoms with van der Waals surface area (Å²) in [7, 11) is 0. The van der Waals surface area contributed by atoms with Gasteiger partial charge in [-0.15, -0.1) is 0 Å². The number of aromatic nitrogens is 2. The number of nitrogens with zero attached hydrogens (tertiary/aromatic N) is 2. The molecule has 0 aliphatic heterocycles. The average molecular weight is 261 g/mol. The molecular formula is C14H13ClN2O. The first-order valence-electron chi connectivity index (χ1n) is 5.81. The Morgan fingerprint density at radius 3 is 2.89 bits per heavy atom. The Kier molecular flexibility index (Phi) is 4.05. The quantitative estimate of drug-likeness (QED) is 0.624. The fraction of sp³-hybridized carbons (Fsp3) is 0.214. The van der Waals surface area contributed by atoms with E-state index in [-0.39, 0.29) is 5.15 Å². The minimum Gasteiger partial charge on any atom is -0.298 e. The van der Waals surface area contributed by atoms with Gasteiger partial charge in [-0.05, 0) is 18.1 Å². The Labute approximate surface area is 111 Å². The van der Waals surface area contributed by atoms with Crippen molar-refractivity contribution in [2.24, 2.45) is 0 Å². The number of benzene rings is 1. The van der Waals surface area contributed by atoms with Crippen LogP contribution >= 0.6 is 11.6 Å². The molecule has 4 heteroatoms. The van der Waals surface area contributed by atoms with E-state index in [1.807, 2.05) is 18.2 Å². The van der Waals surface area contributed by atoms with E-state index in [1.165, 1.54) is 11.9 Å². The first kappa shape index (κ1) is 12.7. The summed E-state index contributed by atoms with van der Waals surface area (Å²) < 4.78 is 0. The highest BCUT2D eigenvalue weighted by Crippen LogP contribution is 2.25. The Morgan fingerprint density at radius 1 is 1.33 bits per heavy atom. The van der Waals surface area contributed by atoms with Crippen LogP contribution in [-0.2, 0) is 6.42 Å². The fourth-order valence-electron chi connectivity index (χ4n) is 1.87. The van der Waals surface area contributed by atoms with Gasteiger partial charge in [-0.2, -0.15) is 0 Å². The lowest BCUT2D eigenvalue weighted by Crippen LogP contribution is -1.96. The predicted octanol–water partition coefficient (Wildman–Crippen LogP) is 3.56. The van der Waals surface area contributed by atoms with Crippen LogP contribution in [0.25, 0.3) is 11.3 Å². The van der Waals surface area contributed by atoms with E-state index in [0.717, 1.165) is 18.4 Å². The van der Waals surface area contributed by atoms with Crippen LogP contribution in [0.15, 0.2) is 30.6 Å². The topological polar surface area (TPSA) is 42.9 Å². The van der Waals surface area contributed by atoms with E-state index in [2.05, 4.69) is 23.0 Å². The number of halogens is 1. The Morgan fingerprint density at radius 2 is 2.17 bits per heavy atom. The van der Waals surface area contributed by atoms with E-state index >= 15 is 0 Å². The van der Waals surface area contributed by atoms with E-state index in [9.17, 15) is 4.79 Å². The molecule has 2 aromatic rings. The van der Waals surface area contributed by atoms with Crippen LogP contribution in [0.5, 0.6) is 0 Å². The lowest BCUT2D eigenvalue weighted by molar-refractivity contribution is 0.112. The van der Waals surface area contributed by atoms with Crippen molar-refractivity contribution < 1.29 is 4.79 Å². The number of rotatable bonds is 4. The van der Waals surface area contributed by atoms with Gasteiger partial charge in [-0.1, -0.05) is 43.1 Å². The minimum atomic E-state index is 0.191. The maximum absolute atomic E-state index is 11.1. The second kappa shape index (κ2) is 5.74. The summed E-state index contributed by atoms with van der Waals surface area (Å²) in [4.78, 5) is 19.0. The molecule has 0 saturated heterocycles. The summed E-state index contributed by atoms with van der Waals surface area (Å²) in [6.07, 6.45) is 4.15. The first-order valence-corrected chi connectivity index (χ1v) is 6.19. The van der Waals surface area contributed by atoms with Crippen LogP contribution in [0.3, 0.4) is 0 Å². The molecule has 0 amide bonds. The summed E-state index contributed by atoms with van der Waals surface area (Å²) in [5.41, 5.74) is 3.05. The first-order chi connectivity index (χ1) is 8.76. The lowest BCUT2D eigenvalue weighted by Gasteiger charge is -2.06. The van der Waals surface area contributed by atoms with Crippen LogP contribution in [0, 0.1) is 0 Å². The SMILES string of the molecule is CCCc1cccc(-c2ncnc(Cl)c2C=O)c1. The average Bonchev–Trinajstić information content (AvgIpc) is 2.39. The lowest BCUT2D eigenvalue weighted by atomic mass is 10.0. The summed E-state index contributed by atoms with van der Waals surface area (Å²) in [5.74, 6) is 0. The third-order valence-corrected chi connectivity index (χ3v) is 2.99. The van der Waals surface area contributed by atoms with Crippen LogP contribution in [0.1, 0.15) is 29.3 Å². The molecule has 0 aliphatic rings. The Hall–Kier alpha value is -1.74. The predicted molar refractivity (Wildman–Crippen MR) is 71.9 cm³/mol. The molecule has 0 fully saturated rings. The highest BCUT2D eigenvalue weighted by molar-refractivity contribution is 6.32. The molecule has 92 valence electrons. The monoisotopic (exact) mass is 260 g/mol. The van der Waals surface area contributed by atoms with Crippen molar-refractivity contribution >= 4 is 17.9 Å². The maximum Gasteiger partial charge on any atom is 0.155 e. The molecule has 1 aromatic heterocycles. The summed E-state index contributed by atoms with van der Waals surface area (Å²) >= 11 is 5.90. The summed E-state index contributed by atoms with van der Waals surface area (Å²) in [6, 6.07) is 7.99. The van der Waals surface area contributed by atoms with Crippen LogP contribution < -0.4 is 0 Å². The zero-order valence-electron chi connectivity index (χ0n) is 10.1. The summed E-state index contributed by atoms with van der Waals surface area (Å²) in [5, 5.41) is 0.191. The van der Waals surface area contributed by atoms with Gasteiger partial charge in [-0.3, -0.25) is 4.79 Å². The molecular weight excluding hydrogens is 248 g/mol. The summed E-state index contributed by atoms with van der Waals surface area (Å²) in [6.45, 7) is 2.13. The highest BCUT2D eigenvalue weighted by atomic mass is 35.5. The van der Waals surface area contributed by atoms with E-state index in [1.54, 1.807) is 0 Å². The maximum atomic E-state index is 11.1. The molecule has 0 unspecified atom stereocenters. The van der Waals surface area contributed by atoms with Crippen molar-refractivity contribution in [1.82, 2.24) is 9.97 Å². The Balaban J connectivity index is 2.51. The number of aldehydes is 1. The van der Waals surface area contributed by atoms with Gasteiger partial charge in [0.15, 0.2) is 6.29 Å². The zero-order valence-corrected chi connectivity index (χ0v) is 10.8. The normalized spacial score (nSPS) is 10.3. The molecule has 0 saturated carbocycles. The van der Waals surface area contributed by atoms with Crippen molar-refractivity contribution in [3.8, 4) is 11.3 Å². The van der Waals surface area contributed by atoms with Gasteiger partial charge >= 0.3 is 0 Å². The van der Waals surface area contributed by atoms with Gasteiger partial charge in [0.05, 0.1) is 11.3 Å². The Bertz CT molecular complexity index is 569. The molecule has 0 atom stereocenters. The van der Waals surface area contributed by atoms with Crippen LogP contribution in [0.2, 0.25) is 5.15 Å². The molecule has 3 nitrogen and oxygen atoms in total. The number of aryl methyl sites for hydroxylation is 1. The van der Waals surface area contributed by atoms with Crippen molar-refractivity contribution in [3.63, 3.8) is 0 Å².